The molecule has 1 unspecified atom stereocenters. The average Bonchev–Trinajstić information content (AvgIpc) is 2.61. The van der Waals surface area contributed by atoms with Crippen molar-refractivity contribution in [2.45, 2.75) is 37.0 Å². The van der Waals surface area contributed by atoms with Crippen LogP contribution in [0.4, 0.5) is 0 Å². The molecule has 0 saturated carbocycles. The minimum absolute atomic E-state index is 0.0565. The van der Waals surface area contributed by atoms with Crippen LogP contribution < -0.4 is 0 Å². The fourth-order valence-corrected chi connectivity index (χ4v) is 2.86. The Kier molecular flexibility index (Phi) is 5.28. The van der Waals surface area contributed by atoms with Crippen molar-refractivity contribution in [3.8, 4) is 12.3 Å². The Morgan fingerprint density at radius 3 is 2.78 bits per heavy atom. The number of aliphatic hydroxyl groups excluding tert-OH is 1. The molecule has 6 heteroatoms. The molecule has 0 bridgehead atoms. The number of methoxy groups -OCH3 is 1. The molecule has 124 valence electrons. The second-order valence-corrected chi connectivity index (χ2v) is 5.43. The minimum Gasteiger partial charge on any atom is -0.387 e. The molecular weight excluding hydrogens is 300 g/mol. The third-order valence-corrected chi connectivity index (χ3v) is 3.97. The van der Waals surface area contributed by atoms with Gasteiger partial charge in [0, 0.05) is 12.7 Å². The van der Waals surface area contributed by atoms with E-state index in [1.165, 1.54) is 7.11 Å². The van der Waals surface area contributed by atoms with Crippen molar-refractivity contribution in [3.63, 3.8) is 0 Å². The van der Waals surface area contributed by atoms with E-state index in [2.05, 4.69) is 5.92 Å². The van der Waals surface area contributed by atoms with Crippen molar-refractivity contribution in [2.75, 3.05) is 20.3 Å². The minimum atomic E-state index is -0.929. The lowest BCUT2D eigenvalue weighted by molar-refractivity contribution is -0.361. The molecule has 2 aliphatic rings. The van der Waals surface area contributed by atoms with Crippen molar-refractivity contribution in [3.05, 3.63) is 35.9 Å². The quantitative estimate of drug-likeness (QED) is 0.830. The van der Waals surface area contributed by atoms with Crippen LogP contribution in [0.25, 0.3) is 0 Å². The SMILES string of the molecule is C#CCO[C@@H]1[C@H](OC)O[C@@H]2COC(c3ccccc3)O[C@H]2[C@@H]1O. The average molecular weight is 320 g/mol. The maximum atomic E-state index is 10.6. The fraction of sp³-hybridized carbons (Fsp3) is 0.529. The highest BCUT2D eigenvalue weighted by Crippen LogP contribution is 2.34. The smallest absolute Gasteiger partial charge is 0.186 e. The second-order valence-electron chi connectivity index (χ2n) is 5.43. The molecule has 0 radical (unpaired) electrons. The Hall–Kier alpha value is -1.46. The maximum Gasteiger partial charge on any atom is 0.186 e. The number of hydrogen-bond acceptors (Lipinski definition) is 6. The van der Waals surface area contributed by atoms with E-state index in [1.54, 1.807) is 0 Å². The molecule has 2 heterocycles. The lowest BCUT2D eigenvalue weighted by Gasteiger charge is -2.47. The molecule has 0 amide bonds. The maximum absolute atomic E-state index is 10.6. The molecule has 2 saturated heterocycles. The van der Waals surface area contributed by atoms with E-state index in [1.807, 2.05) is 30.3 Å². The first kappa shape index (κ1) is 16.4. The topological polar surface area (TPSA) is 66.4 Å². The van der Waals surface area contributed by atoms with Gasteiger partial charge < -0.3 is 28.8 Å². The number of hydrogen-bond donors (Lipinski definition) is 1. The summed E-state index contributed by atoms with van der Waals surface area (Å²) in [5.74, 6) is 2.38. The Bertz CT molecular complexity index is 542. The summed E-state index contributed by atoms with van der Waals surface area (Å²) >= 11 is 0. The van der Waals surface area contributed by atoms with Crippen molar-refractivity contribution in [1.29, 1.82) is 0 Å². The summed E-state index contributed by atoms with van der Waals surface area (Å²) in [5, 5.41) is 10.6. The molecule has 0 aliphatic carbocycles. The summed E-state index contributed by atoms with van der Waals surface area (Å²) < 4.78 is 28.1. The molecule has 6 atom stereocenters. The van der Waals surface area contributed by atoms with E-state index in [4.69, 9.17) is 30.1 Å². The van der Waals surface area contributed by atoms with Crippen LogP contribution in [0.1, 0.15) is 11.9 Å². The fourth-order valence-electron chi connectivity index (χ4n) is 2.86. The van der Waals surface area contributed by atoms with E-state index in [-0.39, 0.29) is 6.61 Å². The summed E-state index contributed by atoms with van der Waals surface area (Å²) in [4.78, 5) is 0. The summed E-state index contributed by atoms with van der Waals surface area (Å²) in [5.41, 5.74) is 0.883. The van der Waals surface area contributed by atoms with Gasteiger partial charge in [0.05, 0.1) is 6.61 Å². The molecule has 0 spiro atoms. The van der Waals surface area contributed by atoms with Gasteiger partial charge in [-0.25, -0.2) is 0 Å². The van der Waals surface area contributed by atoms with Gasteiger partial charge in [-0.1, -0.05) is 36.3 Å². The van der Waals surface area contributed by atoms with E-state index in [0.29, 0.717) is 6.61 Å². The number of benzene rings is 1. The van der Waals surface area contributed by atoms with Crippen molar-refractivity contribution < 1.29 is 28.8 Å². The monoisotopic (exact) mass is 320 g/mol. The van der Waals surface area contributed by atoms with E-state index in [0.717, 1.165) is 5.56 Å². The van der Waals surface area contributed by atoms with Crippen LogP contribution in [0, 0.1) is 12.3 Å². The molecule has 6 nitrogen and oxygen atoms in total. The van der Waals surface area contributed by atoms with Gasteiger partial charge in [0.2, 0.25) is 0 Å². The van der Waals surface area contributed by atoms with Gasteiger partial charge in [-0.15, -0.1) is 6.42 Å². The van der Waals surface area contributed by atoms with Gasteiger partial charge in [-0.05, 0) is 0 Å². The number of aliphatic hydroxyl groups is 1. The first-order chi connectivity index (χ1) is 11.2. The van der Waals surface area contributed by atoms with Crippen LogP contribution in [-0.4, -0.2) is 56.1 Å². The molecule has 1 N–H and O–H groups in total. The van der Waals surface area contributed by atoms with Crippen LogP contribution in [0.3, 0.4) is 0 Å². The Labute approximate surface area is 135 Å². The summed E-state index contributed by atoms with van der Waals surface area (Å²) in [7, 11) is 1.49. The zero-order chi connectivity index (χ0) is 16.2. The molecule has 23 heavy (non-hydrogen) atoms. The molecule has 2 fully saturated rings. The molecule has 1 aromatic rings. The van der Waals surface area contributed by atoms with Crippen LogP contribution in [0.2, 0.25) is 0 Å². The summed E-state index contributed by atoms with van der Waals surface area (Å²) in [6, 6.07) is 9.54. The van der Waals surface area contributed by atoms with Gasteiger partial charge in [0.25, 0.3) is 0 Å². The normalized spacial score (nSPS) is 36.9. The van der Waals surface area contributed by atoms with Crippen LogP contribution in [0.5, 0.6) is 0 Å². The lowest BCUT2D eigenvalue weighted by atomic mass is 9.97. The van der Waals surface area contributed by atoms with Crippen LogP contribution >= 0.6 is 0 Å². The second kappa shape index (κ2) is 7.41. The molecular formula is C17H20O6. The van der Waals surface area contributed by atoms with E-state index in [9.17, 15) is 5.11 Å². The van der Waals surface area contributed by atoms with E-state index < -0.39 is 37.0 Å². The number of ether oxygens (including phenoxy) is 5. The highest BCUT2D eigenvalue weighted by molar-refractivity contribution is 5.16. The van der Waals surface area contributed by atoms with Gasteiger partial charge in [0.15, 0.2) is 12.6 Å². The third-order valence-electron chi connectivity index (χ3n) is 3.97. The van der Waals surface area contributed by atoms with E-state index >= 15 is 0 Å². The van der Waals surface area contributed by atoms with Gasteiger partial charge in [-0.2, -0.15) is 0 Å². The predicted molar refractivity (Wildman–Crippen MR) is 80.3 cm³/mol. The van der Waals surface area contributed by atoms with Crippen molar-refractivity contribution >= 4 is 0 Å². The Morgan fingerprint density at radius 1 is 1.30 bits per heavy atom. The largest absolute Gasteiger partial charge is 0.387 e. The first-order valence-corrected chi connectivity index (χ1v) is 7.48. The standard InChI is InChI=1S/C17H20O6/c1-3-9-20-15-13(18)14-12(22-17(15)19-2)10-21-16(23-14)11-7-5-4-6-8-11/h1,4-8,12-18H,9-10H2,2H3/t12-,13+,14-,15+,16?,17-/m1/s1. The first-order valence-electron chi connectivity index (χ1n) is 7.48. The summed E-state index contributed by atoms with van der Waals surface area (Å²) in [6.07, 6.45) is 1.29. The Morgan fingerprint density at radius 2 is 2.09 bits per heavy atom. The van der Waals surface area contributed by atoms with Gasteiger partial charge >= 0.3 is 0 Å². The molecule has 1 aromatic carbocycles. The lowest BCUT2D eigenvalue weighted by Crippen LogP contribution is -2.62. The molecule has 0 aromatic heterocycles. The van der Waals surface area contributed by atoms with Crippen molar-refractivity contribution in [2.24, 2.45) is 0 Å². The zero-order valence-electron chi connectivity index (χ0n) is 12.8. The molecule has 2 aliphatic heterocycles. The third kappa shape index (κ3) is 3.40. The number of fused-ring (bicyclic) bond motifs is 1. The highest BCUT2D eigenvalue weighted by Gasteiger charge is 2.50. The highest BCUT2D eigenvalue weighted by atomic mass is 16.8. The van der Waals surface area contributed by atoms with Crippen LogP contribution in [-0.2, 0) is 23.7 Å². The van der Waals surface area contributed by atoms with Crippen LogP contribution in [0.15, 0.2) is 30.3 Å². The summed E-state index contributed by atoms with van der Waals surface area (Å²) in [6.45, 7) is 0.351. The number of terminal acetylenes is 1. The van der Waals surface area contributed by atoms with Gasteiger partial charge in [0.1, 0.15) is 31.0 Å². The molecule has 3 rings (SSSR count). The van der Waals surface area contributed by atoms with Crippen molar-refractivity contribution in [1.82, 2.24) is 0 Å². The zero-order valence-corrected chi connectivity index (χ0v) is 12.8. The number of rotatable bonds is 4. The Balaban J connectivity index is 1.74. The van der Waals surface area contributed by atoms with Gasteiger partial charge in [-0.3, -0.25) is 0 Å². The predicted octanol–water partition coefficient (Wildman–Crippen LogP) is 0.851.